The van der Waals surface area contributed by atoms with Gasteiger partial charge in [-0.3, -0.25) is 0 Å². The van der Waals surface area contributed by atoms with Gasteiger partial charge in [0.15, 0.2) is 11.5 Å². The highest BCUT2D eigenvalue weighted by molar-refractivity contribution is 5.45. The van der Waals surface area contributed by atoms with Crippen molar-refractivity contribution in [3.8, 4) is 17.2 Å². The lowest BCUT2D eigenvalue weighted by Crippen LogP contribution is -1.98. The zero-order valence-corrected chi connectivity index (χ0v) is 7.71. The van der Waals surface area contributed by atoms with Crippen molar-refractivity contribution in [2.75, 3.05) is 20.6 Å². The summed E-state index contributed by atoms with van der Waals surface area (Å²) in [5.41, 5.74) is 0. The normalized spacial score (nSPS) is 9.80. The average molecular weight is 222 g/mol. The molecule has 0 aromatic heterocycles. The Morgan fingerprint density at radius 3 is 2.00 bits per heavy atom. The Kier molecular flexibility index (Phi) is 4.59. The van der Waals surface area contributed by atoms with Gasteiger partial charge >= 0.3 is 0 Å². The Morgan fingerprint density at radius 2 is 1.40 bits per heavy atom. The quantitative estimate of drug-likeness (QED) is 0.740. The van der Waals surface area contributed by atoms with Gasteiger partial charge < -0.3 is 14.2 Å². The Morgan fingerprint density at radius 1 is 0.800 bits per heavy atom. The van der Waals surface area contributed by atoms with Gasteiger partial charge in [-0.1, -0.05) is 0 Å². The van der Waals surface area contributed by atoms with E-state index in [1.807, 2.05) is 0 Å². The smallest absolute Gasteiger partial charge is 0.228 e. The Bertz CT molecular complexity index is 307. The molecule has 0 unspecified atom stereocenters. The van der Waals surface area contributed by atoms with Crippen LogP contribution in [0.4, 0.5) is 13.2 Å². The monoisotopic (exact) mass is 222 g/mol. The summed E-state index contributed by atoms with van der Waals surface area (Å²) in [6.45, 7) is -3.17. The van der Waals surface area contributed by atoms with E-state index in [2.05, 4.69) is 14.2 Å². The summed E-state index contributed by atoms with van der Waals surface area (Å²) in [5, 5.41) is 0. The molecule has 0 aliphatic carbocycles. The van der Waals surface area contributed by atoms with Gasteiger partial charge in [-0.2, -0.15) is 0 Å². The predicted octanol–water partition coefficient (Wildman–Crippen LogP) is 2.60. The number of halogens is 3. The third-order valence-corrected chi connectivity index (χ3v) is 1.56. The SMILES string of the molecule is FCOc1ccc(OCF)c(OCF)c1. The van der Waals surface area contributed by atoms with Crippen molar-refractivity contribution in [3.63, 3.8) is 0 Å². The third-order valence-electron chi connectivity index (χ3n) is 1.56. The molecule has 6 heteroatoms. The van der Waals surface area contributed by atoms with E-state index in [4.69, 9.17) is 0 Å². The van der Waals surface area contributed by atoms with Crippen molar-refractivity contribution >= 4 is 0 Å². The van der Waals surface area contributed by atoms with Gasteiger partial charge in [-0.25, -0.2) is 13.2 Å². The molecule has 0 saturated carbocycles. The molecule has 15 heavy (non-hydrogen) atoms. The van der Waals surface area contributed by atoms with Crippen molar-refractivity contribution in [2.45, 2.75) is 0 Å². The summed E-state index contributed by atoms with van der Waals surface area (Å²) in [7, 11) is 0. The predicted molar refractivity (Wildman–Crippen MR) is 46.3 cm³/mol. The van der Waals surface area contributed by atoms with Crippen LogP contribution in [0, 0.1) is 0 Å². The second-order valence-electron chi connectivity index (χ2n) is 2.37. The maximum absolute atomic E-state index is 11.9. The molecule has 0 saturated heterocycles. The fourth-order valence-electron chi connectivity index (χ4n) is 0.991. The lowest BCUT2D eigenvalue weighted by atomic mass is 10.3. The number of hydrogen-bond donors (Lipinski definition) is 0. The van der Waals surface area contributed by atoms with E-state index in [1.165, 1.54) is 18.2 Å². The number of rotatable bonds is 6. The van der Waals surface area contributed by atoms with Crippen molar-refractivity contribution in [1.82, 2.24) is 0 Å². The lowest BCUT2D eigenvalue weighted by Gasteiger charge is -2.10. The first-order chi connectivity index (χ1) is 7.31. The lowest BCUT2D eigenvalue weighted by molar-refractivity contribution is 0.155. The maximum Gasteiger partial charge on any atom is 0.228 e. The number of alkyl halides is 3. The average Bonchev–Trinajstić information content (AvgIpc) is 2.23. The third kappa shape index (κ3) is 3.23. The van der Waals surface area contributed by atoms with Crippen LogP contribution in [0.25, 0.3) is 0 Å². The van der Waals surface area contributed by atoms with Gasteiger partial charge in [0.1, 0.15) is 5.75 Å². The minimum atomic E-state index is -1.10. The molecule has 0 atom stereocenters. The van der Waals surface area contributed by atoms with E-state index in [0.29, 0.717) is 0 Å². The molecule has 1 rings (SSSR count). The summed E-state index contributed by atoms with van der Waals surface area (Å²) < 4.78 is 49.2. The van der Waals surface area contributed by atoms with E-state index in [-0.39, 0.29) is 17.2 Å². The van der Waals surface area contributed by atoms with Gasteiger partial charge in [0.2, 0.25) is 20.6 Å². The minimum absolute atomic E-state index is 0.0290. The summed E-state index contributed by atoms with van der Waals surface area (Å²) in [5.74, 6) is 0.134. The van der Waals surface area contributed by atoms with Crippen LogP contribution in [0.3, 0.4) is 0 Å². The minimum Gasteiger partial charge on any atom is -0.463 e. The van der Waals surface area contributed by atoms with E-state index >= 15 is 0 Å². The molecule has 3 nitrogen and oxygen atoms in total. The van der Waals surface area contributed by atoms with Crippen LogP contribution in [0.1, 0.15) is 0 Å². The van der Waals surface area contributed by atoms with E-state index in [9.17, 15) is 13.2 Å². The Hall–Kier alpha value is -1.59. The van der Waals surface area contributed by atoms with Crippen LogP contribution >= 0.6 is 0 Å². The van der Waals surface area contributed by atoms with Crippen molar-refractivity contribution in [3.05, 3.63) is 18.2 Å². The van der Waals surface area contributed by atoms with Gasteiger partial charge in [-0.15, -0.1) is 0 Å². The molecule has 0 N–H and O–H groups in total. The summed E-state index contributed by atoms with van der Waals surface area (Å²) in [6, 6.07) is 3.87. The van der Waals surface area contributed by atoms with Crippen LogP contribution in [0.5, 0.6) is 17.2 Å². The molecule has 0 radical (unpaired) electrons. The molecule has 1 aromatic rings. The zero-order chi connectivity index (χ0) is 11.1. The highest BCUT2D eigenvalue weighted by Gasteiger charge is 2.07. The first-order valence-corrected chi connectivity index (χ1v) is 4.02. The first-order valence-electron chi connectivity index (χ1n) is 4.02. The number of hydrogen-bond acceptors (Lipinski definition) is 3. The van der Waals surface area contributed by atoms with Crippen LogP contribution < -0.4 is 14.2 Å². The largest absolute Gasteiger partial charge is 0.463 e. The van der Waals surface area contributed by atoms with Gasteiger partial charge in [0.05, 0.1) is 0 Å². The number of ether oxygens (including phenoxy) is 3. The first kappa shape index (κ1) is 11.5. The highest BCUT2D eigenvalue weighted by Crippen LogP contribution is 2.31. The van der Waals surface area contributed by atoms with Crippen molar-refractivity contribution in [2.24, 2.45) is 0 Å². The standard InChI is InChI=1S/C9H9F3O3/c10-4-13-7-1-2-8(14-5-11)9(3-7)15-6-12/h1-3H,4-6H2. The molecule has 0 aliphatic heterocycles. The number of benzene rings is 1. The second kappa shape index (κ2) is 6.00. The van der Waals surface area contributed by atoms with E-state index in [1.54, 1.807) is 0 Å². The molecule has 0 amide bonds. The topological polar surface area (TPSA) is 27.7 Å². The molecule has 0 bridgehead atoms. The molecule has 0 fully saturated rings. The van der Waals surface area contributed by atoms with E-state index in [0.717, 1.165) is 0 Å². The van der Waals surface area contributed by atoms with Crippen LogP contribution in [-0.4, -0.2) is 20.6 Å². The Balaban J connectivity index is 2.87. The maximum atomic E-state index is 11.9. The summed E-state index contributed by atoms with van der Waals surface area (Å²) >= 11 is 0. The molecule has 84 valence electrons. The van der Waals surface area contributed by atoms with Crippen molar-refractivity contribution in [1.29, 1.82) is 0 Å². The summed E-state index contributed by atoms with van der Waals surface area (Å²) in [4.78, 5) is 0. The second-order valence-corrected chi connectivity index (χ2v) is 2.37. The fourth-order valence-corrected chi connectivity index (χ4v) is 0.991. The van der Waals surface area contributed by atoms with Gasteiger partial charge in [0, 0.05) is 6.07 Å². The highest BCUT2D eigenvalue weighted by atomic mass is 19.1. The molecule has 0 heterocycles. The molecular weight excluding hydrogens is 213 g/mol. The van der Waals surface area contributed by atoms with Crippen LogP contribution in [-0.2, 0) is 0 Å². The van der Waals surface area contributed by atoms with Gasteiger partial charge in [0.25, 0.3) is 0 Å². The summed E-state index contributed by atoms with van der Waals surface area (Å²) in [6.07, 6.45) is 0. The molecule has 0 aliphatic rings. The zero-order valence-electron chi connectivity index (χ0n) is 7.71. The molecular formula is C9H9F3O3. The van der Waals surface area contributed by atoms with Crippen LogP contribution in [0.2, 0.25) is 0 Å². The Labute approximate surface area is 84.4 Å². The fraction of sp³-hybridized carbons (Fsp3) is 0.333. The molecule has 0 spiro atoms. The van der Waals surface area contributed by atoms with Crippen molar-refractivity contribution < 1.29 is 27.4 Å². The van der Waals surface area contributed by atoms with Gasteiger partial charge in [-0.05, 0) is 12.1 Å². The van der Waals surface area contributed by atoms with Crippen LogP contribution in [0.15, 0.2) is 18.2 Å². The van der Waals surface area contributed by atoms with E-state index < -0.39 is 20.6 Å². The molecule has 1 aromatic carbocycles.